The second-order valence-electron chi connectivity index (χ2n) is 6.90. The number of aromatic nitrogens is 3. The third-order valence-corrected chi connectivity index (χ3v) is 5.96. The number of hydrogen-bond donors (Lipinski definition) is 2. The molecule has 0 bridgehead atoms. The fourth-order valence-corrected chi connectivity index (χ4v) is 4.56. The van der Waals surface area contributed by atoms with Gasteiger partial charge in [0.05, 0.1) is 35.2 Å². The lowest BCUT2D eigenvalue weighted by atomic mass is 9.98. The van der Waals surface area contributed by atoms with E-state index in [-0.39, 0.29) is 23.4 Å². The van der Waals surface area contributed by atoms with E-state index in [0.29, 0.717) is 46.1 Å². The van der Waals surface area contributed by atoms with Gasteiger partial charge in [-0.1, -0.05) is 5.16 Å². The summed E-state index contributed by atoms with van der Waals surface area (Å²) in [6.45, 7) is 6.38. The summed E-state index contributed by atoms with van der Waals surface area (Å²) < 4.78 is 10.9. The van der Waals surface area contributed by atoms with Crippen LogP contribution in [0.2, 0.25) is 0 Å². The van der Waals surface area contributed by atoms with Crippen molar-refractivity contribution < 1.29 is 14.1 Å². The van der Waals surface area contributed by atoms with E-state index in [1.807, 2.05) is 13.0 Å². The van der Waals surface area contributed by atoms with Crippen molar-refractivity contribution in [2.45, 2.75) is 33.2 Å². The Morgan fingerprint density at radius 2 is 2.19 bits per heavy atom. The zero-order chi connectivity index (χ0) is 19.1. The molecule has 0 radical (unpaired) electrons. The molecule has 142 valence electrons. The van der Waals surface area contributed by atoms with Crippen LogP contribution in [0.1, 0.15) is 32.5 Å². The molecule has 2 N–H and O–H groups in total. The molecule has 0 aromatic carbocycles. The van der Waals surface area contributed by atoms with Gasteiger partial charge in [0, 0.05) is 18.4 Å². The lowest BCUT2D eigenvalue weighted by Crippen LogP contribution is -2.40. The molecule has 3 aromatic heterocycles. The highest BCUT2D eigenvalue weighted by Crippen LogP contribution is 2.28. The molecule has 1 aliphatic rings. The van der Waals surface area contributed by atoms with Gasteiger partial charge in [0.25, 0.3) is 11.5 Å². The molecule has 9 heteroatoms. The normalized spacial score (nSPS) is 19.7. The molecule has 0 spiro atoms. The van der Waals surface area contributed by atoms with E-state index in [1.54, 1.807) is 13.8 Å². The van der Waals surface area contributed by atoms with Crippen LogP contribution in [0.3, 0.4) is 0 Å². The average molecular weight is 388 g/mol. The smallest absolute Gasteiger partial charge is 0.262 e. The molecule has 1 aliphatic heterocycles. The van der Waals surface area contributed by atoms with Gasteiger partial charge >= 0.3 is 0 Å². The van der Waals surface area contributed by atoms with Crippen LogP contribution in [0.4, 0.5) is 0 Å². The van der Waals surface area contributed by atoms with E-state index in [1.165, 1.54) is 11.3 Å². The number of nitrogens with zero attached hydrogens (tertiary/aromatic N) is 2. The average Bonchev–Trinajstić information content (AvgIpc) is 3.28. The molecule has 3 aromatic rings. The van der Waals surface area contributed by atoms with Crippen LogP contribution in [-0.2, 0) is 11.2 Å². The second kappa shape index (κ2) is 6.90. The van der Waals surface area contributed by atoms with Crippen molar-refractivity contribution in [3.05, 3.63) is 44.1 Å². The van der Waals surface area contributed by atoms with E-state index in [9.17, 15) is 9.59 Å². The van der Waals surface area contributed by atoms with Crippen LogP contribution in [0.5, 0.6) is 0 Å². The number of hydrogen-bond acceptors (Lipinski definition) is 7. The number of carbonyl (C=O) groups excluding carboxylic acids is 1. The SMILES string of the molecule is Cc1cc(C[C@H]2COC[C@H]2NC(=O)c2sc3nc(C)[nH]c(=O)c3c2C)on1. The first kappa shape index (κ1) is 17.9. The van der Waals surface area contributed by atoms with E-state index in [4.69, 9.17) is 9.26 Å². The lowest BCUT2D eigenvalue weighted by molar-refractivity contribution is 0.0928. The summed E-state index contributed by atoms with van der Waals surface area (Å²) in [6, 6.07) is 1.77. The summed E-state index contributed by atoms with van der Waals surface area (Å²) in [5, 5.41) is 7.43. The molecule has 0 unspecified atom stereocenters. The van der Waals surface area contributed by atoms with E-state index in [2.05, 4.69) is 20.4 Å². The Hall–Kier alpha value is -2.52. The van der Waals surface area contributed by atoms with Crippen molar-refractivity contribution in [2.24, 2.45) is 5.92 Å². The summed E-state index contributed by atoms with van der Waals surface area (Å²) >= 11 is 1.24. The van der Waals surface area contributed by atoms with Gasteiger partial charge in [0.1, 0.15) is 16.4 Å². The quantitative estimate of drug-likeness (QED) is 0.706. The monoisotopic (exact) mass is 388 g/mol. The Labute approximate surface area is 158 Å². The number of aryl methyl sites for hydroxylation is 3. The number of H-pyrrole nitrogens is 1. The predicted molar refractivity (Wildman–Crippen MR) is 100 cm³/mol. The first-order chi connectivity index (χ1) is 12.9. The minimum atomic E-state index is -0.215. The molecule has 1 fully saturated rings. The van der Waals surface area contributed by atoms with Crippen LogP contribution in [0.15, 0.2) is 15.4 Å². The number of ether oxygens (including phenoxy) is 1. The van der Waals surface area contributed by atoms with Crippen LogP contribution in [0.25, 0.3) is 10.2 Å². The number of carbonyl (C=O) groups is 1. The van der Waals surface area contributed by atoms with Gasteiger partial charge in [-0.2, -0.15) is 0 Å². The Morgan fingerprint density at radius 1 is 1.37 bits per heavy atom. The molecule has 1 saturated heterocycles. The summed E-state index contributed by atoms with van der Waals surface area (Å²) in [5.74, 6) is 1.22. The van der Waals surface area contributed by atoms with Gasteiger partial charge in [-0.3, -0.25) is 9.59 Å². The molecule has 8 nitrogen and oxygen atoms in total. The summed E-state index contributed by atoms with van der Waals surface area (Å²) in [4.78, 5) is 33.2. The lowest BCUT2D eigenvalue weighted by Gasteiger charge is -2.17. The summed E-state index contributed by atoms with van der Waals surface area (Å²) in [7, 11) is 0. The van der Waals surface area contributed by atoms with Gasteiger partial charge in [0.2, 0.25) is 0 Å². The number of nitrogens with one attached hydrogen (secondary N) is 2. The van der Waals surface area contributed by atoms with Crippen molar-refractivity contribution >= 4 is 27.5 Å². The van der Waals surface area contributed by atoms with Gasteiger partial charge in [0.15, 0.2) is 0 Å². The Kier molecular flexibility index (Phi) is 4.56. The third-order valence-electron chi connectivity index (χ3n) is 4.78. The first-order valence-electron chi connectivity index (χ1n) is 8.73. The highest BCUT2D eigenvalue weighted by Gasteiger charge is 2.32. The summed E-state index contributed by atoms with van der Waals surface area (Å²) in [6.07, 6.45) is 0.650. The number of thiophene rings is 1. The zero-order valence-electron chi connectivity index (χ0n) is 15.3. The fraction of sp³-hybridized carbons (Fsp3) is 0.444. The van der Waals surface area contributed by atoms with E-state index >= 15 is 0 Å². The van der Waals surface area contributed by atoms with Crippen LogP contribution in [0, 0.1) is 26.7 Å². The van der Waals surface area contributed by atoms with Gasteiger partial charge in [-0.05, 0) is 26.3 Å². The first-order valence-corrected chi connectivity index (χ1v) is 9.55. The molecular weight excluding hydrogens is 368 g/mol. The number of fused-ring (bicyclic) bond motifs is 1. The largest absolute Gasteiger partial charge is 0.379 e. The molecule has 0 saturated carbocycles. The van der Waals surface area contributed by atoms with Crippen molar-refractivity contribution in [1.29, 1.82) is 0 Å². The molecule has 0 aliphatic carbocycles. The number of amides is 1. The van der Waals surface area contributed by atoms with Gasteiger partial charge in [-0.15, -0.1) is 11.3 Å². The van der Waals surface area contributed by atoms with E-state index in [0.717, 1.165) is 11.5 Å². The van der Waals surface area contributed by atoms with Crippen molar-refractivity contribution in [2.75, 3.05) is 13.2 Å². The molecular formula is C18H20N4O4S. The topological polar surface area (TPSA) is 110 Å². The van der Waals surface area contributed by atoms with Crippen LogP contribution in [-0.4, -0.2) is 40.3 Å². The molecule has 2 atom stereocenters. The van der Waals surface area contributed by atoms with E-state index < -0.39 is 0 Å². The van der Waals surface area contributed by atoms with Crippen molar-refractivity contribution in [3.63, 3.8) is 0 Å². The molecule has 4 heterocycles. The van der Waals surface area contributed by atoms with Crippen LogP contribution >= 0.6 is 11.3 Å². The minimum absolute atomic E-state index is 0.111. The highest BCUT2D eigenvalue weighted by atomic mass is 32.1. The Bertz CT molecular complexity index is 1070. The highest BCUT2D eigenvalue weighted by molar-refractivity contribution is 7.20. The summed E-state index contributed by atoms with van der Waals surface area (Å²) in [5.41, 5.74) is 1.27. The predicted octanol–water partition coefficient (Wildman–Crippen LogP) is 1.89. The van der Waals surface area contributed by atoms with Gasteiger partial charge in [-0.25, -0.2) is 4.98 Å². The maximum atomic E-state index is 12.9. The second-order valence-corrected chi connectivity index (χ2v) is 7.90. The van der Waals surface area contributed by atoms with Crippen molar-refractivity contribution in [1.82, 2.24) is 20.4 Å². The zero-order valence-corrected chi connectivity index (χ0v) is 16.1. The fourth-order valence-electron chi connectivity index (χ4n) is 3.43. The van der Waals surface area contributed by atoms with Crippen LogP contribution < -0.4 is 10.9 Å². The number of aromatic amines is 1. The maximum Gasteiger partial charge on any atom is 0.262 e. The maximum absolute atomic E-state index is 12.9. The van der Waals surface area contributed by atoms with Gasteiger partial charge < -0.3 is 19.6 Å². The minimum Gasteiger partial charge on any atom is -0.379 e. The molecule has 27 heavy (non-hydrogen) atoms. The third kappa shape index (κ3) is 3.40. The van der Waals surface area contributed by atoms with Crippen molar-refractivity contribution in [3.8, 4) is 0 Å². The Balaban J connectivity index is 1.55. The molecule has 4 rings (SSSR count). The number of rotatable bonds is 4. The Morgan fingerprint density at radius 3 is 2.93 bits per heavy atom. The molecule has 1 amide bonds. The standard InChI is InChI=1S/C18H20N4O4S/c1-8-4-12(26-22-8)5-11-6-25-7-13(11)21-17(24)15-9(2)14-16(23)19-10(3)20-18(14)27-15/h4,11,13H,5-7H2,1-3H3,(H,21,24)(H,19,20,23)/t11-,13+/m0/s1.